The fourth-order valence-corrected chi connectivity index (χ4v) is 4.80. The molecule has 0 spiro atoms. The molecule has 0 amide bonds. The molecule has 2 saturated heterocycles. The quantitative estimate of drug-likeness (QED) is 0.832. The summed E-state index contributed by atoms with van der Waals surface area (Å²) < 4.78 is 19.9. The van der Waals surface area contributed by atoms with Gasteiger partial charge >= 0.3 is 0 Å². The summed E-state index contributed by atoms with van der Waals surface area (Å²) in [5, 5.41) is 3.46. The molecule has 28 heavy (non-hydrogen) atoms. The van der Waals surface area contributed by atoms with Gasteiger partial charge in [0, 0.05) is 51.2 Å². The van der Waals surface area contributed by atoms with Gasteiger partial charge in [0.05, 0.1) is 24.6 Å². The number of benzene rings is 1. The second-order valence-electron chi connectivity index (χ2n) is 8.15. The monoisotopic (exact) mass is 382 g/mol. The Hall–Kier alpha value is -2.18. The lowest BCUT2D eigenvalue weighted by Gasteiger charge is -2.29. The first-order valence-electron chi connectivity index (χ1n) is 10.3. The normalized spacial score (nSPS) is 26.9. The van der Waals surface area contributed by atoms with Crippen molar-refractivity contribution >= 4 is 11.4 Å². The molecule has 3 fully saturated rings. The van der Waals surface area contributed by atoms with Crippen molar-refractivity contribution in [1.29, 1.82) is 0 Å². The number of rotatable bonds is 6. The van der Waals surface area contributed by atoms with Crippen LogP contribution in [0.5, 0.6) is 0 Å². The van der Waals surface area contributed by atoms with Gasteiger partial charge in [0.1, 0.15) is 5.82 Å². The maximum Gasteiger partial charge on any atom is 0.148 e. The van der Waals surface area contributed by atoms with E-state index >= 15 is 0 Å². The van der Waals surface area contributed by atoms with Crippen molar-refractivity contribution in [3.05, 3.63) is 54.1 Å². The molecule has 2 unspecified atom stereocenters. The molecule has 1 aromatic carbocycles. The Morgan fingerprint density at radius 3 is 2.64 bits per heavy atom. The van der Waals surface area contributed by atoms with Gasteiger partial charge in [-0.1, -0.05) is 6.07 Å². The van der Waals surface area contributed by atoms with Crippen LogP contribution in [-0.2, 0) is 11.3 Å². The first kappa shape index (κ1) is 17.9. The molecule has 1 aromatic heterocycles. The summed E-state index contributed by atoms with van der Waals surface area (Å²) in [6.45, 7) is 7.03. The van der Waals surface area contributed by atoms with Crippen LogP contribution >= 0.6 is 0 Å². The molecule has 5 nitrogen and oxygen atoms in total. The predicted octanol–water partition coefficient (Wildman–Crippen LogP) is 2.85. The molecular weight excluding hydrogens is 355 g/mol. The highest BCUT2D eigenvalue weighted by atomic mass is 19.1. The van der Waals surface area contributed by atoms with Crippen molar-refractivity contribution in [3.8, 4) is 0 Å². The van der Waals surface area contributed by atoms with Gasteiger partial charge in [0.15, 0.2) is 0 Å². The Bertz CT molecular complexity index is 799. The second-order valence-corrected chi connectivity index (χ2v) is 8.15. The summed E-state index contributed by atoms with van der Waals surface area (Å²) in [5.41, 5.74) is 2.71. The van der Waals surface area contributed by atoms with Crippen LogP contribution in [0.2, 0.25) is 0 Å². The molecule has 3 aliphatic rings. The number of piperidine rings is 1. The minimum Gasteiger partial charge on any atom is -0.385 e. The largest absolute Gasteiger partial charge is 0.385 e. The summed E-state index contributed by atoms with van der Waals surface area (Å²) in [6, 6.07) is 11.6. The van der Waals surface area contributed by atoms with Crippen LogP contribution in [-0.4, -0.2) is 55.8 Å². The van der Waals surface area contributed by atoms with E-state index in [-0.39, 0.29) is 5.82 Å². The maximum atomic E-state index is 14.5. The molecule has 2 atom stereocenters. The predicted molar refractivity (Wildman–Crippen MR) is 108 cm³/mol. The topological polar surface area (TPSA) is 40.6 Å². The Labute approximate surface area is 165 Å². The second kappa shape index (κ2) is 7.68. The first-order chi connectivity index (χ1) is 13.8. The molecule has 5 rings (SSSR count). The van der Waals surface area contributed by atoms with Crippen molar-refractivity contribution in [3.63, 3.8) is 0 Å². The third-order valence-corrected chi connectivity index (χ3v) is 6.40. The van der Waals surface area contributed by atoms with Gasteiger partial charge in [0.25, 0.3) is 0 Å². The van der Waals surface area contributed by atoms with Crippen LogP contribution in [0.4, 0.5) is 15.8 Å². The first-order valence-corrected chi connectivity index (χ1v) is 10.3. The summed E-state index contributed by atoms with van der Waals surface area (Å²) >= 11 is 0. The number of nitrogens with one attached hydrogen (secondary N) is 1. The average Bonchev–Trinajstić information content (AvgIpc) is 3.19. The lowest BCUT2D eigenvalue weighted by atomic mass is 10.2. The minimum atomic E-state index is -0.149. The number of likely N-dealkylation sites (tertiary alicyclic amines) is 1. The highest BCUT2D eigenvalue weighted by Crippen LogP contribution is 2.51. The van der Waals surface area contributed by atoms with Crippen molar-refractivity contribution in [1.82, 2.24) is 9.88 Å². The molecule has 0 bridgehead atoms. The fraction of sp³-hybridized carbons (Fsp3) is 0.500. The number of ether oxygens (including phenoxy) is 1. The molecule has 6 heteroatoms. The van der Waals surface area contributed by atoms with E-state index < -0.39 is 0 Å². The summed E-state index contributed by atoms with van der Waals surface area (Å²) in [4.78, 5) is 8.99. The zero-order chi connectivity index (χ0) is 18.9. The smallest absolute Gasteiger partial charge is 0.148 e. The van der Waals surface area contributed by atoms with E-state index in [1.165, 1.54) is 0 Å². The number of nitrogens with zero attached hydrogens (tertiary/aromatic N) is 3. The SMILES string of the molecule is Fc1cc(NCC2C3CN(Cc4ccccn4)CC23)ccc1N1CCOCC1. The third-order valence-electron chi connectivity index (χ3n) is 6.40. The number of halogens is 1. The van der Waals surface area contributed by atoms with Crippen molar-refractivity contribution < 1.29 is 9.13 Å². The van der Waals surface area contributed by atoms with E-state index in [0.29, 0.717) is 24.8 Å². The zero-order valence-corrected chi connectivity index (χ0v) is 16.1. The summed E-state index contributed by atoms with van der Waals surface area (Å²) in [7, 11) is 0. The minimum absolute atomic E-state index is 0.149. The molecular formula is C22H27FN4O. The van der Waals surface area contributed by atoms with Crippen molar-refractivity contribution in [2.24, 2.45) is 17.8 Å². The van der Waals surface area contributed by atoms with Gasteiger partial charge in [-0.2, -0.15) is 0 Å². The Kier molecular flexibility index (Phi) is 4.91. The van der Waals surface area contributed by atoms with Gasteiger partial charge in [-0.05, 0) is 48.1 Å². The fourth-order valence-electron chi connectivity index (χ4n) is 4.80. The summed E-state index contributed by atoms with van der Waals surface area (Å²) in [5.74, 6) is 2.11. The lowest BCUT2D eigenvalue weighted by molar-refractivity contribution is 0.122. The molecule has 1 aliphatic carbocycles. The van der Waals surface area contributed by atoms with Crippen LogP contribution in [0.3, 0.4) is 0 Å². The van der Waals surface area contributed by atoms with Crippen molar-refractivity contribution in [2.45, 2.75) is 6.54 Å². The number of morpholine rings is 1. The highest BCUT2D eigenvalue weighted by Gasteiger charge is 2.54. The average molecular weight is 382 g/mol. The molecule has 2 aromatic rings. The Morgan fingerprint density at radius 2 is 1.93 bits per heavy atom. The van der Waals surface area contributed by atoms with Crippen LogP contribution < -0.4 is 10.2 Å². The van der Waals surface area contributed by atoms with Crippen molar-refractivity contribution in [2.75, 3.05) is 56.2 Å². The highest BCUT2D eigenvalue weighted by molar-refractivity contribution is 5.56. The summed E-state index contributed by atoms with van der Waals surface area (Å²) in [6.07, 6.45) is 1.86. The van der Waals surface area contributed by atoms with E-state index in [9.17, 15) is 4.39 Å². The number of pyridine rings is 1. The third kappa shape index (κ3) is 3.71. The molecule has 3 heterocycles. The molecule has 1 saturated carbocycles. The maximum absolute atomic E-state index is 14.5. The van der Waals surface area contributed by atoms with E-state index in [2.05, 4.69) is 32.2 Å². The number of aromatic nitrogens is 1. The number of fused-ring (bicyclic) bond motifs is 1. The van der Waals surface area contributed by atoms with Gasteiger partial charge < -0.3 is 15.0 Å². The lowest BCUT2D eigenvalue weighted by Crippen LogP contribution is -2.36. The van der Waals surface area contributed by atoms with Gasteiger partial charge in [0.2, 0.25) is 0 Å². The van der Waals surface area contributed by atoms with Gasteiger partial charge in [-0.15, -0.1) is 0 Å². The number of hydrogen-bond acceptors (Lipinski definition) is 5. The Balaban J connectivity index is 1.10. The van der Waals surface area contributed by atoms with E-state index in [0.717, 1.165) is 62.5 Å². The van der Waals surface area contributed by atoms with E-state index in [4.69, 9.17) is 4.74 Å². The standard InChI is InChI=1S/C22H27FN4O/c23-21-11-16(4-5-22(21)27-7-9-28-10-8-27)25-12-18-19-14-26(15-20(18)19)13-17-3-1-2-6-24-17/h1-6,11,18-20,25H,7-10,12-15H2. The molecule has 0 radical (unpaired) electrons. The molecule has 148 valence electrons. The number of hydrogen-bond donors (Lipinski definition) is 1. The molecule has 1 N–H and O–H groups in total. The van der Waals surface area contributed by atoms with E-state index in [1.54, 1.807) is 6.07 Å². The van der Waals surface area contributed by atoms with Gasteiger partial charge in [-0.25, -0.2) is 4.39 Å². The van der Waals surface area contributed by atoms with Crippen LogP contribution in [0.15, 0.2) is 42.6 Å². The Morgan fingerprint density at radius 1 is 1.11 bits per heavy atom. The number of anilines is 2. The van der Waals surface area contributed by atoms with Crippen LogP contribution in [0.25, 0.3) is 0 Å². The van der Waals surface area contributed by atoms with Gasteiger partial charge in [-0.3, -0.25) is 9.88 Å². The zero-order valence-electron chi connectivity index (χ0n) is 16.1. The van der Waals surface area contributed by atoms with Crippen LogP contribution in [0, 0.1) is 23.6 Å². The molecule has 2 aliphatic heterocycles. The van der Waals surface area contributed by atoms with E-state index in [1.807, 2.05) is 24.4 Å². The van der Waals surface area contributed by atoms with Crippen LogP contribution in [0.1, 0.15) is 5.69 Å².